The lowest BCUT2D eigenvalue weighted by molar-refractivity contribution is -0.148. The van der Waals surface area contributed by atoms with E-state index < -0.39 is 11.0 Å². The maximum atomic E-state index is 12.8. The molecule has 20 heavy (non-hydrogen) atoms. The van der Waals surface area contributed by atoms with Crippen molar-refractivity contribution in [2.75, 3.05) is 7.11 Å². The molecule has 108 valence electrons. The summed E-state index contributed by atoms with van der Waals surface area (Å²) in [6.45, 7) is 4.00. The number of hydrogen-bond acceptors (Lipinski definition) is 3. The quantitative estimate of drug-likeness (QED) is 0.901. The van der Waals surface area contributed by atoms with Gasteiger partial charge < -0.3 is 9.84 Å². The number of carbonyl (C=O) groups is 1. The highest BCUT2D eigenvalue weighted by Crippen LogP contribution is 2.51. The molecule has 0 spiro atoms. The van der Waals surface area contributed by atoms with Gasteiger partial charge in [0.1, 0.15) is 11.5 Å². The molecular weight excluding hydrogens is 252 g/mol. The van der Waals surface area contributed by atoms with Crippen LogP contribution in [0.2, 0.25) is 0 Å². The van der Waals surface area contributed by atoms with Crippen molar-refractivity contribution >= 4 is 5.78 Å². The molecule has 3 nitrogen and oxygen atoms in total. The predicted octanol–water partition coefficient (Wildman–Crippen LogP) is 2.63. The van der Waals surface area contributed by atoms with Gasteiger partial charge in [0.15, 0.2) is 0 Å². The van der Waals surface area contributed by atoms with Crippen molar-refractivity contribution in [1.29, 1.82) is 0 Å². The molecule has 3 atom stereocenters. The molecule has 0 amide bonds. The highest BCUT2D eigenvalue weighted by Gasteiger charge is 2.55. The fraction of sp³-hybridized carbons (Fsp3) is 0.588. The Morgan fingerprint density at radius 3 is 2.80 bits per heavy atom. The molecule has 1 aromatic rings. The fourth-order valence-corrected chi connectivity index (χ4v) is 3.99. The summed E-state index contributed by atoms with van der Waals surface area (Å²) in [5.41, 5.74) is 1.00. The van der Waals surface area contributed by atoms with Crippen LogP contribution >= 0.6 is 0 Å². The van der Waals surface area contributed by atoms with Crippen LogP contribution in [0.1, 0.15) is 44.2 Å². The van der Waals surface area contributed by atoms with Crippen LogP contribution in [-0.2, 0) is 16.6 Å². The molecule has 1 N–H and O–H groups in total. The lowest BCUT2D eigenvalue weighted by Gasteiger charge is -2.50. The van der Waals surface area contributed by atoms with Gasteiger partial charge >= 0.3 is 0 Å². The van der Waals surface area contributed by atoms with Crippen molar-refractivity contribution < 1.29 is 14.6 Å². The Hall–Kier alpha value is -1.35. The van der Waals surface area contributed by atoms with E-state index in [4.69, 9.17) is 4.74 Å². The average molecular weight is 274 g/mol. The third-order valence-corrected chi connectivity index (χ3v) is 5.51. The molecule has 0 radical (unpaired) electrons. The second kappa shape index (κ2) is 4.32. The average Bonchev–Trinajstić information content (AvgIpc) is 2.46. The van der Waals surface area contributed by atoms with Crippen molar-refractivity contribution in [2.24, 2.45) is 5.92 Å². The number of methoxy groups -OCH3 is 1. The molecule has 1 aromatic carbocycles. The Kier molecular flexibility index (Phi) is 2.94. The van der Waals surface area contributed by atoms with E-state index in [0.717, 1.165) is 23.3 Å². The Morgan fingerprint density at radius 1 is 1.40 bits per heavy atom. The Balaban J connectivity index is 2.14. The zero-order chi connectivity index (χ0) is 14.5. The number of hydrogen-bond donors (Lipinski definition) is 1. The summed E-state index contributed by atoms with van der Waals surface area (Å²) in [6, 6.07) is 5.98. The van der Waals surface area contributed by atoms with Gasteiger partial charge in [-0.2, -0.15) is 0 Å². The molecule has 0 aromatic heterocycles. The fourth-order valence-electron chi connectivity index (χ4n) is 3.99. The summed E-state index contributed by atoms with van der Waals surface area (Å²) in [7, 11) is 1.65. The first-order chi connectivity index (χ1) is 9.44. The second-order valence-electron chi connectivity index (χ2n) is 6.43. The van der Waals surface area contributed by atoms with E-state index in [1.165, 1.54) is 0 Å². The van der Waals surface area contributed by atoms with E-state index in [1.807, 2.05) is 32.0 Å². The van der Waals surface area contributed by atoms with Gasteiger partial charge in [-0.3, -0.25) is 4.79 Å². The highest BCUT2D eigenvalue weighted by atomic mass is 16.5. The van der Waals surface area contributed by atoms with Crippen LogP contribution in [0.4, 0.5) is 0 Å². The van der Waals surface area contributed by atoms with Gasteiger partial charge in [-0.25, -0.2) is 0 Å². The SMILES string of the molecule is CCC1(O)CC[C@@]2(C)C(=O)[C@@H]1Cc1cc(OC)ccc12. The number of ether oxygens (including phenoxy) is 1. The summed E-state index contributed by atoms with van der Waals surface area (Å²) in [5.74, 6) is 0.761. The minimum atomic E-state index is -0.836. The second-order valence-corrected chi connectivity index (χ2v) is 6.43. The largest absolute Gasteiger partial charge is 0.497 e. The standard InChI is InChI=1S/C17H22O3/c1-4-17(19)8-7-16(2)13-6-5-12(20-3)9-11(13)10-14(17)15(16)18/h5-6,9,14,19H,4,7-8,10H2,1-3H3/t14-,16+,17?/m0/s1. The maximum absolute atomic E-state index is 12.8. The molecule has 1 unspecified atom stereocenters. The molecule has 2 aliphatic rings. The summed E-state index contributed by atoms with van der Waals surface area (Å²) < 4.78 is 5.29. The number of aliphatic hydroxyl groups is 1. The van der Waals surface area contributed by atoms with E-state index in [0.29, 0.717) is 19.3 Å². The first-order valence-electron chi connectivity index (χ1n) is 7.39. The van der Waals surface area contributed by atoms with Gasteiger partial charge in [-0.15, -0.1) is 0 Å². The monoisotopic (exact) mass is 274 g/mol. The summed E-state index contributed by atoms with van der Waals surface area (Å²) in [5, 5.41) is 10.8. The van der Waals surface area contributed by atoms with Crippen LogP contribution in [0, 0.1) is 5.92 Å². The molecule has 1 fully saturated rings. The van der Waals surface area contributed by atoms with Gasteiger partial charge in [-0.1, -0.05) is 13.0 Å². The van der Waals surface area contributed by atoms with E-state index in [1.54, 1.807) is 7.11 Å². The van der Waals surface area contributed by atoms with Crippen molar-refractivity contribution in [2.45, 2.75) is 50.5 Å². The first-order valence-corrected chi connectivity index (χ1v) is 7.39. The van der Waals surface area contributed by atoms with E-state index in [-0.39, 0.29) is 11.7 Å². The zero-order valence-electron chi connectivity index (χ0n) is 12.4. The summed E-state index contributed by atoms with van der Waals surface area (Å²) in [6.07, 6.45) is 2.71. The first kappa shape index (κ1) is 13.6. The van der Waals surface area contributed by atoms with Crippen molar-refractivity contribution in [3.8, 4) is 5.75 Å². The van der Waals surface area contributed by atoms with Crippen molar-refractivity contribution in [1.82, 2.24) is 0 Å². The normalized spacial score (nSPS) is 35.6. The lowest BCUT2D eigenvalue weighted by atomic mass is 9.54. The van der Waals surface area contributed by atoms with Gasteiger partial charge in [0.25, 0.3) is 0 Å². The van der Waals surface area contributed by atoms with E-state index in [2.05, 4.69) is 0 Å². The van der Waals surface area contributed by atoms with Crippen molar-refractivity contribution in [3.05, 3.63) is 29.3 Å². The zero-order valence-corrected chi connectivity index (χ0v) is 12.4. The number of ketones is 1. The van der Waals surface area contributed by atoms with Crippen LogP contribution in [0.15, 0.2) is 18.2 Å². The molecule has 1 saturated carbocycles. The van der Waals surface area contributed by atoms with Gasteiger partial charge in [0, 0.05) is 0 Å². The van der Waals surface area contributed by atoms with E-state index in [9.17, 15) is 9.90 Å². The number of fused-ring (bicyclic) bond motifs is 4. The highest BCUT2D eigenvalue weighted by molar-refractivity contribution is 5.95. The van der Waals surface area contributed by atoms with Crippen LogP contribution in [0.25, 0.3) is 0 Å². The number of carbonyl (C=O) groups excluding carboxylic acids is 1. The third-order valence-electron chi connectivity index (χ3n) is 5.51. The number of Topliss-reactive ketones (excluding diaryl/α,β-unsaturated/α-hetero) is 1. The number of rotatable bonds is 2. The molecule has 0 saturated heterocycles. The topological polar surface area (TPSA) is 46.5 Å². The molecule has 2 aliphatic carbocycles. The molecule has 0 heterocycles. The minimum Gasteiger partial charge on any atom is -0.497 e. The van der Waals surface area contributed by atoms with Crippen LogP contribution in [0.3, 0.4) is 0 Å². The number of benzene rings is 1. The van der Waals surface area contributed by atoms with E-state index >= 15 is 0 Å². The van der Waals surface area contributed by atoms with Crippen LogP contribution < -0.4 is 4.74 Å². The molecule has 0 aliphatic heterocycles. The Bertz CT molecular complexity index is 565. The molecule has 3 rings (SSSR count). The molecular formula is C17H22O3. The Labute approximate surface area is 120 Å². The molecule has 2 bridgehead atoms. The lowest BCUT2D eigenvalue weighted by Crippen LogP contribution is -2.57. The van der Waals surface area contributed by atoms with Crippen LogP contribution in [-0.4, -0.2) is 23.6 Å². The Morgan fingerprint density at radius 2 is 2.15 bits per heavy atom. The smallest absolute Gasteiger partial charge is 0.149 e. The van der Waals surface area contributed by atoms with Gasteiger partial charge in [0.2, 0.25) is 0 Å². The third kappa shape index (κ3) is 1.65. The van der Waals surface area contributed by atoms with Gasteiger partial charge in [-0.05, 0) is 55.9 Å². The van der Waals surface area contributed by atoms with Crippen LogP contribution in [0.5, 0.6) is 5.75 Å². The predicted molar refractivity (Wildman–Crippen MR) is 77.0 cm³/mol. The molecule has 3 heteroatoms. The summed E-state index contributed by atoms with van der Waals surface area (Å²) in [4.78, 5) is 12.8. The maximum Gasteiger partial charge on any atom is 0.149 e. The van der Waals surface area contributed by atoms with Crippen molar-refractivity contribution in [3.63, 3.8) is 0 Å². The minimum absolute atomic E-state index is 0.214. The van der Waals surface area contributed by atoms with Gasteiger partial charge in [0.05, 0.1) is 24.0 Å². The summed E-state index contributed by atoms with van der Waals surface area (Å²) >= 11 is 0.